The van der Waals surface area contributed by atoms with Crippen molar-refractivity contribution in [2.75, 3.05) is 28.4 Å². The average molecular weight is 571 g/mol. The van der Waals surface area contributed by atoms with Crippen LogP contribution in [-0.2, 0) is 15.6 Å². The van der Waals surface area contributed by atoms with Crippen LogP contribution in [0.15, 0.2) is 42.6 Å². The van der Waals surface area contributed by atoms with Crippen LogP contribution in [0.5, 0.6) is 23.3 Å². The van der Waals surface area contributed by atoms with Gasteiger partial charge in [0.1, 0.15) is 40.4 Å². The fourth-order valence-corrected chi connectivity index (χ4v) is 5.39. The molecular formula is C26H30N6O7S. The normalized spacial score (nSPS) is 13.0. The number of nitrogens with zero attached hydrogens (tertiary/aromatic N) is 6. The molecule has 0 aliphatic rings. The number of pyridine rings is 1. The Morgan fingerprint density at radius 1 is 0.925 bits per heavy atom. The van der Waals surface area contributed by atoms with Crippen LogP contribution in [0.25, 0.3) is 17.2 Å². The lowest BCUT2D eigenvalue weighted by Crippen LogP contribution is -2.29. The van der Waals surface area contributed by atoms with Crippen LogP contribution in [0.3, 0.4) is 0 Å². The molecule has 0 aliphatic carbocycles. The van der Waals surface area contributed by atoms with E-state index in [1.54, 1.807) is 43.3 Å². The number of para-hydroxylation sites is 1. The molecule has 2 atom stereocenters. The summed E-state index contributed by atoms with van der Waals surface area (Å²) in [6, 6.07) is 10.2. The first-order chi connectivity index (χ1) is 19.1. The second-order valence-corrected chi connectivity index (χ2v) is 11.1. The van der Waals surface area contributed by atoms with E-state index in [4.69, 9.17) is 18.9 Å². The molecule has 13 nitrogen and oxygen atoms in total. The molecule has 4 aromatic rings. The molecule has 14 heteroatoms. The third-order valence-electron chi connectivity index (χ3n) is 6.22. The molecule has 0 radical (unpaired) electrons. The van der Waals surface area contributed by atoms with Gasteiger partial charge in [-0.2, -0.15) is 0 Å². The number of aromatic nitrogens is 6. The molecule has 3 heterocycles. The molecule has 0 unspecified atom stereocenters. The third-order valence-corrected chi connectivity index (χ3v) is 8.27. The van der Waals surface area contributed by atoms with Crippen molar-refractivity contribution in [1.82, 2.24) is 29.7 Å². The smallest absolute Gasteiger partial charge is 0.238 e. The third kappa shape index (κ3) is 5.53. The predicted octanol–water partition coefficient (Wildman–Crippen LogP) is 2.50. The number of hydrogen-bond acceptors (Lipinski definition) is 12. The lowest BCUT2D eigenvalue weighted by molar-refractivity contribution is 0.165. The van der Waals surface area contributed by atoms with Crippen LogP contribution in [0.2, 0.25) is 0 Å². The Kier molecular flexibility index (Phi) is 8.49. The first kappa shape index (κ1) is 28.7. The Bertz CT molecular complexity index is 1590. The molecule has 212 valence electrons. The van der Waals surface area contributed by atoms with Crippen molar-refractivity contribution in [2.24, 2.45) is 0 Å². The fourth-order valence-electron chi connectivity index (χ4n) is 4.06. The van der Waals surface area contributed by atoms with Gasteiger partial charge in [0.2, 0.25) is 11.8 Å². The van der Waals surface area contributed by atoms with E-state index in [9.17, 15) is 13.5 Å². The Morgan fingerprint density at radius 2 is 1.60 bits per heavy atom. The highest BCUT2D eigenvalue weighted by molar-refractivity contribution is 7.91. The van der Waals surface area contributed by atoms with Gasteiger partial charge in [-0.25, -0.2) is 18.4 Å². The Labute approximate surface area is 231 Å². The van der Waals surface area contributed by atoms with Gasteiger partial charge in [0.05, 0.1) is 39.4 Å². The highest BCUT2D eigenvalue weighted by Gasteiger charge is 2.35. The fraction of sp³-hybridized carbons (Fsp3) is 0.346. The summed E-state index contributed by atoms with van der Waals surface area (Å²) in [4.78, 5) is 12.8. The van der Waals surface area contributed by atoms with Crippen molar-refractivity contribution in [1.29, 1.82) is 0 Å². The van der Waals surface area contributed by atoms with E-state index >= 15 is 0 Å². The number of sulfone groups is 1. The SMILES string of the molecule is COc1cccc(-c2nnc(CS(=O)(=O)[C@H](C)[C@@H](O)c3ncc(C)nc3OC)n2-c2c(OC)cccc2OC)n1. The first-order valence-electron chi connectivity index (χ1n) is 12.1. The van der Waals surface area contributed by atoms with Gasteiger partial charge in [0.15, 0.2) is 21.5 Å². The summed E-state index contributed by atoms with van der Waals surface area (Å²) in [7, 11) is 1.75. The quantitative estimate of drug-likeness (QED) is 0.281. The standard InChI is InChI=1S/C26H30N6O7S/c1-15-13-27-22(26(28-15)39-6)24(33)16(2)40(34,35)14-20-30-31-25(17-9-7-12-21(29-17)38-5)32(20)23-18(36-3)10-8-11-19(23)37-4/h7-13,16,24,33H,14H2,1-6H3/t16-,24-/m1/s1. The molecule has 0 fully saturated rings. The lowest BCUT2D eigenvalue weighted by atomic mass is 10.2. The molecule has 1 aromatic carbocycles. The van der Waals surface area contributed by atoms with E-state index in [0.717, 1.165) is 0 Å². The van der Waals surface area contributed by atoms with Crippen molar-refractivity contribution in [3.8, 4) is 40.5 Å². The second-order valence-electron chi connectivity index (χ2n) is 8.71. The molecule has 0 spiro atoms. The minimum absolute atomic E-state index is 0.0123. The number of methoxy groups -OCH3 is 4. The summed E-state index contributed by atoms with van der Waals surface area (Å²) in [5.74, 6) is 0.824. The van der Waals surface area contributed by atoms with Gasteiger partial charge in [-0.1, -0.05) is 12.1 Å². The number of aliphatic hydroxyl groups is 1. The molecular weight excluding hydrogens is 540 g/mol. The van der Waals surface area contributed by atoms with E-state index in [-0.39, 0.29) is 23.2 Å². The highest BCUT2D eigenvalue weighted by atomic mass is 32.2. The molecule has 1 N–H and O–H groups in total. The maximum atomic E-state index is 13.7. The summed E-state index contributed by atoms with van der Waals surface area (Å²) in [6.45, 7) is 3.09. The molecule has 0 saturated heterocycles. The minimum Gasteiger partial charge on any atom is -0.494 e. The van der Waals surface area contributed by atoms with E-state index in [0.29, 0.717) is 34.5 Å². The highest BCUT2D eigenvalue weighted by Crippen LogP contribution is 2.37. The molecule has 0 aliphatic heterocycles. The van der Waals surface area contributed by atoms with E-state index in [1.807, 2.05) is 0 Å². The monoisotopic (exact) mass is 570 g/mol. The molecule has 0 amide bonds. The van der Waals surface area contributed by atoms with Gasteiger partial charge in [-0.3, -0.25) is 9.55 Å². The van der Waals surface area contributed by atoms with Crippen molar-refractivity contribution >= 4 is 9.84 Å². The minimum atomic E-state index is -4.07. The van der Waals surface area contributed by atoms with Gasteiger partial charge in [0.25, 0.3) is 0 Å². The van der Waals surface area contributed by atoms with Crippen molar-refractivity contribution in [3.63, 3.8) is 0 Å². The largest absolute Gasteiger partial charge is 0.494 e. The average Bonchev–Trinajstić information content (AvgIpc) is 3.37. The van der Waals surface area contributed by atoms with Gasteiger partial charge in [-0.15, -0.1) is 10.2 Å². The van der Waals surface area contributed by atoms with Gasteiger partial charge in [-0.05, 0) is 32.0 Å². The predicted molar refractivity (Wildman–Crippen MR) is 145 cm³/mol. The van der Waals surface area contributed by atoms with Gasteiger partial charge < -0.3 is 24.1 Å². The topological polar surface area (TPSA) is 161 Å². The zero-order chi connectivity index (χ0) is 29.0. The van der Waals surface area contributed by atoms with E-state index in [2.05, 4.69) is 25.1 Å². The van der Waals surface area contributed by atoms with Crippen molar-refractivity contribution < 1.29 is 32.5 Å². The zero-order valence-electron chi connectivity index (χ0n) is 22.9. The Hall–Kier alpha value is -4.30. The van der Waals surface area contributed by atoms with Crippen molar-refractivity contribution in [2.45, 2.75) is 31.0 Å². The lowest BCUT2D eigenvalue weighted by Gasteiger charge is -2.21. The Balaban J connectivity index is 1.84. The number of hydrogen-bond donors (Lipinski definition) is 1. The van der Waals surface area contributed by atoms with Crippen LogP contribution in [0.4, 0.5) is 0 Å². The summed E-state index contributed by atoms with van der Waals surface area (Å²) < 4.78 is 50.6. The van der Waals surface area contributed by atoms with Crippen LogP contribution in [0, 0.1) is 6.92 Å². The Morgan fingerprint density at radius 3 is 2.23 bits per heavy atom. The molecule has 0 bridgehead atoms. The number of ether oxygens (including phenoxy) is 4. The van der Waals surface area contributed by atoms with E-state index in [1.165, 1.54) is 46.1 Å². The summed E-state index contributed by atoms with van der Waals surface area (Å²) in [5, 5.41) is 18.2. The van der Waals surface area contributed by atoms with Gasteiger partial charge in [0, 0.05) is 12.3 Å². The van der Waals surface area contributed by atoms with Crippen LogP contribution in [0.1, 0.15) is 30.2 Å². The van der Waals surface area contributed by atoms with E-state index < -0.39 is 26.9 Å². The van der Waals surface area contributed by atoms with Gasteiger partial charge >= 0.3 is 0 Å². The molecule has 4 rings (SSSR count). The summed E-state index contributed by atoms with van der Waals surface area (Å²) in [6.07, 6.45) is -0.0944. The van der Waals surface area contributed by atoms with Crippen LogP contribution >= 0.6 is 0 Å². The second kappa shape index (κ2) is 11.8. The first-order valence-corrected chi connectivity index (χ1v) is 13.8. The number of rotatable bonds is 11. The maximum Gasteiger partial charge on any atom is 0.238 e. The van der Waals surface area contributed by atoms with Crippen LogP contribution < -0.4 is 18.9 Å². The number of aliphatic hydroxyl groups excluding tert-OH is 1. The summed E-state index contributed by atoms with van der Waals surface area (Å²) >= 11 is 0. The molecule has 40 heavy (non-hydrogen) atoms. The summed E-state index contributed by atoms with van der Waals surface area (Å²) in [5.41, 5.74) is 1.32. The molecule has 3 aromatic heterocycles. The van der Waals surface area contributed by atoms with Crippen molar-refractivity contribution in [3.05, 3.63) is 59.8 Å². The number of aryl methyl sites for hydroxylation is 1. The molecule has 0 saturated carbocycles. The number of benzene rings is 1. The zero-order valence-corrected chi connectivity index (χ0v) is 23.7. The van der Waals surface area contributed by atoms with Crippen LogP contribution in [-0.4, -0.2) is 76.9 Å². The maximum absolute atomic E-state index is 13.7.